The van der Waals surface area contributed by atoms with Crippen molar-refractivity contribution in [2.24, 2.45) is 0 Å². The van der Waals surface area contributed by atoms with E-state index in [0.717, 1.165) is 12.6 Å². The molecule has 1 fully saturated rings. The molecule has 2 aromatic rings. The van der Waals surface area contributed by atoms with Crippen LogP contribution in [0, 0.1) is 18.6 Å². The van der Waals surface area contributed by atoms with Crippen molar-refractivity contribution in [2.45, 2.75) is 45.3 Å². The van der Waals surface area contributed by atoms with E-state index >= 15 is 0 Å². The third kappa shape index (κ3) is 3.56. The Morgan fingerprint density at radius 2 is 2.08 bits per heavy atom. The second-order valence-corrected chi connectivity index (χ2v) is 6.65. The highest BCUT2D eigenvalue weighted by Gasteiger charge is 2.38. The highest BCUT2D eigenvalue weighted by Crippen LogP contribution is 2.34. The second-order valence-electron chi connectivity index (χ2n) is 6.65. The van der Waals surface area contributed by atoms with Crippen LogP contribution >= 0.6 is 0 Å². The number of nitrogens with zero attached hydrogens (tertiary/aromatic N) is 2. The monoisotopic (exact) mass is 349 g/mol. The number of carbonyl (C=O) groups excluding carboxylic acids is 1. The van der Waals surface area contributed by atoms with E-state index in [-0.39, 0.29) is 29.8 Å². The zero-order valence-electron chi connectivity index (χ0n) is 14.4. The van der Waals surface area contributed by atoms with E-state index in [1.54, 1.807) is 19.1 Å². The Bertz CT molecular complexity index is 775. The molecule has 0 unspecified atom stereocenters. The molecule has 1 aromatic carbocycles. The molecule has 1 aliphatic heterocycles. The van der Waals surface area contributed by atoms with E-state index in [1.165, 1.54) is 6.07 Å². The lowest BCUT2D eigenvalue weighted by atomic mass is 9.99. The van der Waals surface area contributed by atoms with Gasteiger partial charge in [0.05, 0.1) is 17.8 Å². The van der Waals surface area contributed by atoms with Gasteiger partial charge in [0.15, 0.2) is 11.6 Å². The highest BCUT2D eigenvalue weighted by molar-refractivity contribution is 5.91. The van der Waals surface area contributed by atoms with Gasteiger partial charge in [-0.15, -0.1) is 0 Å². The molecule has 25 heavy (non-hydrogen) atoms. The zero-order chi connectivity index (χ0) is 18.1. The minimum absolute atomic E-state index is 0.143. The third-order valence-corrected chi connectivity index (χ3v) is 4.55. The molecule has 2 atom stereocenters. The maximum absolute atomic E-state index is 13.7. The Morgan fingerprint density at radius 3 is 2.68 bits per heavy atom. The number of hydrogen-bond acceptors (Lipinski definition) is 4. The number of hydrogen-bond donors (Lipinski definition) is 1. The molecule has 1 aliphatic rings. The van der Waals surface area contributed by atoms with E-state index in [4.69, 9.17) is 4.52 Å². The van der Waals surface area contributed by atoms with Gasteiger partial charge in [0.25, 0.3) is 5.91 Å². The Morgan fingerprint density at radius 1 is 1.32 bits per heavy atom. The Hall–Kier alpha value is -2.28. The van der Waals surface area contributed by atoms with Crippen molar-refractivity contribution in [3.8, 4) is 0 Å². The van der Waals surface area contributed by atoms with Crippen LogP contribution in [0.15, 0.2) is 28.8 Å². The molecule has 0 bridgehead atoms. The summed E-state index contributed by atoms with van der Waals surface area (Å²) in [5, 5.41) is 6.66. The summed E-state index contributed by atoms with van der Waals surface area (Å²) in [6, 6.07) is 5.21. The van der Waals surface area contributed by atoms with Crippen LogP contribution < -0.4 is 5.32 Å². The van der Waals surface area contributed by atoms with E-state index in [9.17, 15) is 13.6 Å². The quantitative estimate of drug-likeness (QED) is 0.921. The molecule has 5 nitrogen and oxygen atoms in total. The Kier molecular flexibility index (Phi) is 4.85. The summed E-state index contributed by atoms with van der Waals surface area (Å²) in [7, 11) is 0. The van der Waals surface area contributed by atoms with Crippen LogP contribution in [0.3, 0.4) is 0 Å². The fourth-order valence-electron chi connectivity index (χ4n) is 3.38. The first-order valence-electron chi connectivity index (χ1n) is 8.31. The number of rotatable bonds is 4. The summed E-state index contributed by atoms with van der Waals surface area (Å²) in [5.74, 6) is -1.98. The lowest BCUT2D eigenvalue weighted by Gasteiger charge is -2.31. The van der Waals surface area contributed by atoms with Crippen LogP contribution in [0.4, 0.5) is 8.78 Å². The van der Waals surface area contributed by atoms with Crippen LogP contribution in [-0.2, 0) is 0 Å². The minimum Gasteiger partial charge on any atom is -0.351 e. The summed E-state index contributed by atoms with van der Waals surface area (Å²) in [5.41, 5.74) is 1.27. The SMILES string of the molecule is Cc1cc(C(=O)N[C@H]2CCN(C(C)C)[C@H]2c2ccc(F)c(F)c2)on1. The summed E-state index contributed by atoms with van der Waals surface area (Å²) < 4.78 is 32.0. The van der Waals surface area contributed by atoms with E-state index in [0.29, 0.717) is 17.7 Å². The van der Waals surface area contributed by atoms with Crippen LogP contribution in [0.5, 0.6) is 0 Å². The van der Waals surface area contributed by atoms with E-state index < -0.39 is 11.6 Å². The summed E-state index contributed by atoms with van der Waals surface area (Å²) in [6.07, 6.45) is 0.709. The van der Waals surface area contributed by atoms with Crippen molar-refractivity contribution in [1.82, 2.24) is 15.4 Å². The molecule has 2 heterocycles. The number of carbonyl (C=O) groups is 1. The lowest BCUT2D eigenvalue weighted by molar-refractivity contribution is 0.0882. The van der Waals surface area contributed by atoms with E-state index in [2.05, 4.69) is 15.4 Å². The van der Waals surface area contributed by atoms with Crippen molar-refractivity contribution in [1.29, 1.82) is 0 Å². The van der Waals surface area contributed by atoms with Gasteiger partial charge in [-0.2, -0.15) is 0 Å². The number of amides is 1. The molecule has 3 rings (SSSR count). The van der Waals surface area contributed by atoms with Gasteiger partial charge in [-0.05, 0) is 44.9 Å². The number of aromatic nitrogens is 1. The molecule has 0 spiro atoms. The molecule has 1 saturated heterocycles. The van der Waals surface area contributed by atoms with Crippen LogP contribution in [-0.4, -0.2) is 34.6 Å². The van der Waals surface area contributed by atoms with Gasteiger partial charge in [0, 0.05) is 18.7 Å². The van der Waals surface area contributed by atoms with Crippen LogP contribution in [0.1, 0.15) is 48.1 Å². The summed E-state index contributed by atoms with van der Waals surface area (Å²) in [6.45, 7) is 6.57. The average molecular weight is 349 g/mol. The van der Waals surface area contributed by atoms with Gasteiger partial charge in [-0.25, -0.2) is 8.78 Å². The second kappa shape index (κ2) is 6.92. The standard InChI is InChI=1S/C18H21F2N3O2/c1-10(2)23-7-6-15(21-18(24)16-8-11(3)22-25-16)17(23)12-4-5-13(19)14(20)9-12/h4-5,8-10,15,17H,6-7H2,1-3H3,(H,21,24)/t15-,17-/m0/s1. The first kappa shape index (κ1) is 17.5. The molecular weight excluding hydrogens is 328 g/mol. The number of halogens is 2. The molecule has 0 radical (unpaired) electrons. The van der Waals surface area contributed by atoms with Gasteiger partial charge in [-0.1, -0.05) is 11.2 Å². The number of aryl methyl sites for hydroxylation is 1. The van der Waals surface area contributed by atoms with Gasteiger partial charge in [-0.3, -0.25) is 9.69 Å². The maximum atomic E-state index is 13.7. The molecule has 0 saturated carbocycles. The fraction of sp³-hybridized carbons (Fsp3) is 0.444. The lowest BCUT2D eigenvalue weighted by Crippen LogP contribution is -2.41. The predicted molar refractivity (Wildman–Crippen MR) is 88.1 cm³/mol. The largest absolute Gasteiger partial charge is 0.351 e. The molecule has 1 amide bonds. The van der Waals surface area contributed by atoms with E-state index in [1.807, 2.05) is 13.8 Å². The molecule has 1 aromatic heterocycles. The van der Waals surface area contributed by atoms with Gasteiger partial charge >= 0.3 is 0 Å². The molecule has 0 aliphatic carbocycles. The predicted octanol–water partition coefficient (Wildman–Crippen LogP) is 3.22. The maximum Gasteiger partial charge on any atom is 0.290 e. The first-order chi connectivity index (χ1) is 11.9. The van der Waals surface area contributed by atoms with Gasteiger partial charge < -0.3 is 9.84 Å². The van der Waals surface area contributed by atoms with Crippen molar-refractivity contribution in [3.05, 3.63) is 52.9 Å². The zero-order valence-corrected chi connectivity index (χ0v) is 14.4. The topological polar surface area (TPSA) is 58.4 Å². The number of likely N-dealkylation sites (tertiary alicyclic amines) is 1. The number of nitrogens with one attached hydrogen (secondary N) is 1. The molecule has 7 heteroatoms. The minimum atomic E-state index is -0.885. The van der Waals surface area contributed by atoms with Crippen LogP contribution in [0.25, 0.3) is 0 Å². The Labute approximate surface area is 145 Å². The van der Waals surface area contributed by atoms with Crippen molar-refractivity contribution < 1.29 is 18.1 Å². The fourth-order valence-corrected chi connectivity index (χ4v) is 3.38. The molecular formula is C18H21F2N3O2. The smallest absolute Gasteiger partial charge is 0.290 e. The number of benzene rings is 1. The highest BCUT2D eigenvalue weighted by atomic mass is 19.2. The Balaban J connectivity index is 1.86. The molecule has 134 valence electrons. The normalized spacial score (nSPS) is 21.0. The van der Waals surface area contributed by atoms with Crippen molar-refractivity contribution in [2.75, 3.05) is 6.54 Å². The average Bonchev–Trinajstić information content (AvgIpc) is 3.16. The van der Waals surface area contributed by atoms with Crippen molar-refractivity contribution >= 4 is 5.91 Å². The van der Waals surface area contributed by atoms with Crippen LogP contribution in [0.2, 0.25) is 0 Å². The molecule has 1 N–H and O–H groups in total. The van der Waals surface area contributed by atoms with Crippen molar-refractivity contribution in [3.63, 3.8) is 0 Å². The first-order valence-corrected chi connectivity index (χ1v) is 8.31. The summed E-state index contributed by atoms with van der Waals surface area (Å²) >= 11 is 0. The third-order valence-electron chi connectivity index (χ3n) is 4.55. The van der Waals surface area contributed by atoms with Gasteiger partial charge in [0.1, 0.15) is 0 Å². The van der Waals surface area contributed by atoms with Gasteiger partial charge in [0.2, 0.25) is 5.76 Å². The summed E-state index contributed by atoms with van der Waals surface area (Å²) in [4.78, 5) is 14.6.